The van der Waals surface area contributed by atoms with E-state index in [2.05, 4.69) is 64.3 Å². The first kappa shape index (κ1) is 15.6. The van der Waals surface area contributed by atoms with Crippen LogP contribution in [-0.2, 0) is 0 Å². The fourth-order valence-electron chi connectivity index (χ4n) is 3.98. The number of H-pyrrole nitrogens is 1. The van der Waals surface area contributed by atoms with E-state index in [1.807, 2.05) is 36.5 Å². The van der Waals surface area contributed by atoms with Crippen LogP contribution in [0.4, 0.5) is 0 Å². The first-order valence-electron chi connectivity index (χ1n) is 9.02. The van der Waals surface area contributed by atoms with Crippen molar-refractivity contribution in [3.63, 3.8) is 0 Å². The highest BCUT2D eigenvalue weighted by atomic mass is 16.1. The average molecular weight is 350 g/mol. The molecular weight excluding hydrogens is 332 g/mol. The van der Waals surface area contributed by atoms with Gasteiger partial charge in [0.05, 0.1) is 6.04 Å². The number of hydrogen-bond acceptors (Lipinski definition) is 1. The van der Waals surface area contributed by atoms with Crippen LogP contribution in [-0.4, -0.2) is 15.8 Å². The van der Waals surface area contributed by atoms with Gasteiger partial charge in [-0.1, -0.05) is 66.7 Å². The molecule has 0 radical (unpaired) electrons. The number of aromatic amines is 1. The Bertz CT molecular complexity index is 1250. The van der Waals surface area contributed by atoms with Crippen molar-refractivity contribution in [3.8, 4) is 0 Å². The molecular formula is C24H18N2O. The third-order valence-corrected chi connectivity index (χ3v) is 5.21. The molecule has 0 bridgehead atoms. The monoisotopic (exact) mass is 350 g/mol. The van der Waals surface area contributed by atoms with Crippen LogP contribution < -0.4 is 0 Å². The quantitative estimate of drug-likeness (QED) is 0.423. The molecule has 3 aromatic carbocycles. The van der Waals surface area contributed by atoms with E-state index in [1.165, 1.54) is 16.5 Å². The SMILES string of the molecule is O=Cc1cn(C(c2ccccc2)c2c[nH]c3ccccc23)c2ccccc12. The number of nitrogens with one attached hydrogen (secondary N) is 1. The molecule has 2 heterocycles. The summed E-state index contributed by atoms with van der Waals surface area (Å²) in [5.41, 5.74) is 5.25. The lowest BCUT2D eigenvalue weighted by Gasteiger charge is -2.21. The summed E-state index contributed by atoms with van der Waals surface area (Å²) in [6.45, 7) is 0. The van der Waals surface area contributed by atoms with Gasteiger partial charge in [-0.2, -0.15) is 0 Å². The van der Waals surface area contributed by atoms with Gasteiger partial charge in [-0.3, -0.25) is 4.79 Å². The van der Waals surface area contributed by atoms with Gasteiger partial charge in [0, 0.05) is 45.3 Å². The molecule has 0 saturated carbocycles. The van der Waals surface area contributed by atoms with Crippen LogP contribution in [0.3, 0.4) is 0 Å². The molecule has 3 heteroatoms. The van der Waals surface area contributed by atoms with E-state index >= 15 is 0 Å². The Morgan fingerprint density at radius 1 is 0.815 bits per heavy atom. The van der Waals surface area contributed by atoms with Gasteiger partial charge in [-0.05, 0) is 17.7 Å². The van der Waals surface area contributed by atoms with Gasteiger partial charge >= 0.3 is 0 Å². The Morgan fingerprint density at radius 3 is 2.33 bits per heavy atom. The molecule has 0 aliphatic heterocycles. The molecule has 27 heavy (non-hydrogen) atoms. The molecule has 0 spiro atoms. The Hall–Kier alpha value is -3.59. The van der Waals surface area contributed by atoms with Crippen molar-refractivity contribution < 1.29 is 4.79 Å². The summed E-state index contributed by atoms with van der Waals surface area (Å²) in [6.07, 6.45) is 4.99. The van der Waals surface area contributed by atoms with Crippen LogP contribution in [0.5, 0.6) is 0 Å². The number of benzene rings is 3. The minimum atomic E-state index is -0.0269. The molecule has 1 unspecified atom stereocenters. The van der Waals surface area contributed by atoms with Gasteiger partial charge in [0.1, 0.15) is 0 Å². The number of carbonyl (C=O) groups excluding carboxylic acids is 1. The Balaban J connectivity index is 1.84. The minimum absolute atomic E-state index is 0.0269. The summed E-state index contributed by atoms with van der Waals surface area (Å²) >= 11 is 0. The summed E-state index contributed by atoms with van der Waals surface area (Å²) in [7, 11) is 0. The van der Waals surface area contributed by atoms with Crippen LogP contribution in [0, 0.1) is 0 Å². The summed E-state index contributed by atoms with van der Waals surface area (Å²) in [5.74, 6) is 0. The minimum Gasteiger partial charge on any atom is -0.361 e. The Labute approximate surface area is 156 Å². The van der Waals surface area contributed by atoms with Crippen LogP contribution in [0.15, 0.2) is 91.3 Å². The predicted octanol–water partition coefficient (Wildman–Crippen LogP) is 5.57. The number of rotatable bonds is 4. The van der Waals surface area contributed by atoms with Crippen LogP contribution in [0.25, 0.3) is 21.8 Å². The van der Waals surface area contributed by atoms with Crippen LogP contribution in [0.2, 0.25) is 0 Å². The molecule has 0 aliphatic rings. The van der Waals surface area contributed by atoms with Crippen LogP contribution in [0.1, 0.15) is 27.5 Å². The van der Waals surface area contributed by atoms with Crippen molar-refractivity contribution in [3.05, 3.63) is 108 Å². The molecule has 0 saturated heterocycles. The van der Waals surface area contributed by atoms with Gasteiger partial charge in [-0.15, -0.1) is 0 Å². The van der Waals surface area contributed by atoms with E-state index in [0.717, 1.165) is 22.7 Å². The third kappa shape index (κ3) is 2.48. The number of fused-ring (bicyclic) bond motifs is 2. The van der Waals surface area contributed by atoms with E-state index in [9.17, 15) is 4.79 Å². The fraction of sp³-hybridized carbons (Fsp3) is 0.0417. The molecule has 1 N–H and O–H groups in total. The van der Waals surface area contributed by atoms with Crippen molar-refractivity contribution in [1.82, 2.24) is 9.55 Å². The molecule has 0 amide bonds. The fourth-order valence-corrected chi connectivity index (χ4v) is 3.98. The number of aromatic nitrogens is 2. The Morgan fingerprint density at radius 2 is 1.52 bits per heavy atom. The zero-order valence-electron chi connectivity index (χ0n) is 14.7. The second-order valence-corrected chi connectivity index (χ2v) is 6.73. The third-order valence-electron chi connectivity index (χ3n) is 5.21. The highest BCUT2D eigenvalue weighted by Gasteiger charge is 2.22. The van der Waals surface area contributed by atoms with E-state index in [4.69, 9.17) is 0 Å². The maximum Gasteiger partial charge on any atom is 0.152 e. The molecule has 0 aliphatic carbocycles. The zero-order chi connectivity index (χ0) is 18.2. The predicted molar refractivity (Wildman–Crippen MR) is 109 cm³/mol. The smallest absolute Gasteiger partial charge is 0.152 e. The summed E-state index contributed by atoms with van der Waals surface area (Å²) in [6, 6.07) is 26.8. The second kappa shape index (κ2) is 6.29. The van der Waals surface area contributed by atoms with Gasteiger partial charge < -0.3 is 9.55 Å². The first-order valence-corrected chi connectivity index (χ1v) is 9.02. The zero-order valence-corrected chi connectivity index (χ0v) is 14.7. The molecule has 130 valence electrons. The van der Waals surface area contributed by atoms with Crippen molar-refractivity contribution >= 4 is 28.1 Å². The van der Waals surface area contributed by atoms with Crippen molar-refractivity contribution in [2.45, 2.75) is 6.04 Å². The van der Waals surface area contributed by atoms with Gasteiger partial charge in [0.15, 0.2) is 6.29 Å². The Kier molecular flexibility index (Phi) is 3.65. The van der Waals surface area contributed by atoms with Crippen LogP contribution >= 0.6 is 0 Å². The van der Waals surface area contributed by atoms with Gasteiger partial charge in [-0.25, -0.2) is 0 Å². The lowest BCUT2D eigenvalue weighted by atomic mass is 9.97. The highest BCUT2D eigenvalue weighted by molar-refractivity contribution is 5.98. The van der Waals surface area contributed by atoms with Crippen molar-refractivity contribution in [2.75, 3.05) is 0 Å². The van der Waals surface area contributed by atoms with Crippen molar-refractivity contribution in [2.24, 2.45) is 0 Å². The van der Waals surface area contributed by atoms with Gasteiger partial charge in [0.2, 0.25) is 0 Å². The number of hydrogen-bond donors (Lipinski definition) is 1. The summed E-state index contributed by atoms with van der Waals surface area (Å²) in [4.78, 5) is 15.1. The molecule has 1 atom stereocenters. The summed E-state index contributed by atoms with van der Waals surface area (Å²) in [5, 5.41) is 2.17. The highest BCUT2D eigenvalue weighted by Crippen LogP contribution is 2.35. The molecule has 2 aromatic heterocycles. The van der Waals surface area contributed by atoms with Crippen molar-refractivity contribution in [1.29, 1.82) is 0 Å². The normalized spacial score (nSPS) is 12.4. The molecule has 5 rings (SSSR count). The summed E-state index contributed by atoms with van der Waals surface area (Å²) < 4.78 is 2.21. The van der Waals surface area contributed by atoms with E-state index in [1.54, 1.807) is 0 Å². The average Bonchev–Trinajstić information content (AvgIpc) is 3.32. The number of nitrogens with zero attached hydrogens (tertiary/aromatic N) is 1. The van der Waals surface area contributed by atoms with E-state index < -0.39 is 0 Å². The lowest BCUT2D eigenvalue weighted by Crippen LogP contribution is -2.11. The first-order chi connectivity index (χ1) is 13.4. The topological polar surface area (TPSA) is 37.8 Å². The number of para-hydroxylation sites is 2. The maximum absolute atomic E-state index is 11.7. The standard InChI is InChI=1S/C24H18N2O/c27-16-18-15-26(23-13-7-5-10-19(18)23)24(17-8-2-1-3-9-17)21-14-25-22-12-6-4-11-20(21)22/h1-16,24-25H. The molecule has 3 nitrogen and oxygen atoms in total. The molecule has 0 fully saturated rings. The lowest BCUT2D eigenvalue weighted by molar-refractivity contribution is 0.112. The number of aldehydes is 1. The van der Waals surface area contributed by atoms with E-state index in [0.29, 0.717) is 5.56 Å². The number of carbonyl (C=O) groups is 1. The van der Waals surface area contributed by atoms with E-state index in [-0.39, 0.29) is 6.04 Å². The second-order valence-electron chi connectivity index (χ2n) is 6.73. The molecule has 5 aromatic rings. The largest absolute Gasteiger partial charge is 0.361 e. The maximum atomic E-state index is 11.7. The van der Waals surface area contributed by atoms with Gasteiger partial charge in [0.25, 0.3) is 0 Å².